The van der Waals surface area contributed by atoms with Crippen molar-refractivity contribution in [2.45, 2.75) is 58.4 Å². The molecule has 4 heteroatoms. The van der Waals surface area contributed by atoms with Crippen LogP contribution in [0, 0.1) is 13.8 Å². The molecular formula is C18H28N2O2. The van der Waals surface area contributed by atoms with Crippen LogP contribution in [0.1, 0.15) is 49.7 Å². The standard InChI is InChI=1S/C18H28N2O2/c1-14-9-10-17(15(2)13-14)22-12-11-19-18(21)20-16-7-5-3-4-6-8-16/h9-10,13,16H,3-8,11-12H2,1-2H3,(H2,19,20,21). The Hall–Kier alpha value is -1.71. The van der Waals surface area contributed by atoms with Crippen LogP contribution in [0.3, 0.4) is 0 Å². The third-order valence-electron chi connectivity index (χ3n) is 4.17. The fourth-order valence-electron chi connectivity index (χ4n) is 2.95. The van der Waals surface area contributed by atoms with Crippen LogP contribution in [0.5, 0.6) is 5.75 Å². The van der Waals surface area contributed by atoms with Crippen LogP contribution < -0.4 is 15.4 Å². The van der Waals surface area contributed by atoms with Gasteiger partial charge in [-0.15, -0.1) is 0 Å². The molecule has 122 valence electrons. The van der Waals surface area contributed by atoms with Crippen molar-refractivity contribution in [3.8, 4) is 5.75 Å². The molecule has 0 aliphatic heterocycles. The minimum atomic E-state index is -0.0730. The van der Waals surface area contributed by atoms with Crippen molar-refractivity contribution in [2.75, 3.05) is 13.2 Å². The van der Waals surface area contributed by atoms with E-state index in [4.69, 9.17) is 4.74 Å². The van der Waals surface area contributed by atoms with Crippen molar-refractivity contribution in [1.82, 2.24) is 10.6 Å². The monoisotopic (exact) mass is 304 g/mol. The lowest BCUT2D eigenvalue weighted by molar-refractivity contribution is 0.231. The molecule has 2 amide bonds. The molecule has 1 aromatic rings. The molecular weight excluding hydrogens is 276 g/mol. The minimum Gasteiger partial charge on any atom is -0.491 e. The Balaban J connectivity index is 1.64. The molecule has 0 saturated heterocycles. The van der Waals surface area contributed by atoms with Crippen molar-refractivity contribution in [3.05, 3.63) is 29.3 Å². The summed E-state index contributed by atoms with van der Waals surface area (Å²) in [5, 5.41) is 5.95. The Kier molecular flexibility index (Phi) is 6.56. The van der Waals surface area contributed by atoms with Gasteiger partial charge in [-0.1, -0.05) is 43.4 Å². The van der Waals surface area contributed by atoms with Crippen molar-refractivity contribution in [1.29, 1.82) is 0 Å². The first-order valence-corrected chi connectivity index (χ1v) is 8.39. The predicted octanol–water partition coefficient (Wildman–Crippen LogP) is 3.70. The molecule has 0 spiro atoms. The highest BCUT2D eigenvalue weighted by Crippen LogP contribution is 2.18. The maximum atomic E-state index is 11.9. The Bertz CT molecular complexity index is 480. The third-order valence-corrected chi connectivity index (χ3v) is 4.17. The molecule has 4 nitrogen and oxygen atoms in total. The lowest BCUT2D eigenvalue weighted by atomic mass is 10.1. The van der Waals surface area contributed by atoms with Gasteiger partial charge in [0, 0.05) is 6.04 Å². The van der Waals surface area contributed by atoms with Gasteiger partial charge in [0.15, 0.2) is 0 Å². The molecule has 0 unspecified atom stereocenters. The van der Waals surface area contributed by atoms with Gasteiger partial charge in [-0.05, 0) is 38.3 Å². The smallest absolute Gasteiger partial charge is 0.315 e. The molecule has 0 atom stereocenters. The van der Waals surface area contributed by atoms with E-state index in [0.717, 1.165) is 24.2 Å². The summed E-state index contributed by atoms with van der Waals surface area (Å²) in [6.45, 7) is 5.11. The van der Waals surface area contributed by atoms with E-state index in [1.165, 1.54) is 31.2 Å². The second kappa shape index (κ2) is 8.66. The number of benzene rings is 1. The highest BCUT2D eigenvalue weighted by atomic mass is 16.5. The maximum Gasteiger partial charge on any atom is 0.315 e. The summed E-state index contributed by atoms with van der Waals surface area (Å²) in [6.07, 6.45) is 7.24. The fraction of sp³-hybridized carbons (Fsp3) is 0.611. The van der Waals surface area contributed by atoms with Crippen LogP contribution in [-0.4, -0.2) is 25.2 Å². The largest absolute Gasteiger partial charge is 0.491 e. The molecule has 0 heterocycles. The number of aryl methyl sites for hydroxylation is 2. The normalized spacial score (nSPS) is 15.9. The lowest BCUT2D eigenvalue weighted by Gasteiger charge is -2.17. The molecule has 2 rings (SSSR count). The van der Waals surface area contributed by atoms with Gasteiger partial charge >= 0.3 is 6.03 Å². The van der Waals surface area contributed by atoms with Crippen molar-refractivity contribution < 1.29 is 9.53 Å². The average molecular weight is 304 g/mol. The Morgan fingerprint density at radius 1 is 1.18 bits per heavy atom. The summed E-state index contributed by atoms with van der Waals surface area (Å²) < 4.78 is 5.71. The van der Waals surface area contributed by atoms with Gasteiger partial charge in [0.2, 0.25) is 0 Å². The summed E-state index contributed by atoms with van der Waals surface area (Å²) in [5.74, 6) is 0.886. The number of carbonyl (C=O) groups excluding carboxylic acids is 1. The Labute approximate surface area is 133 Å². The zero-order valence-corrected chi connectivity index (χ0v) is 13.8. The molecule has 0 aromatic heterocycles. The first kappa shape index (κ1) is 16.7. The van der Waals surface area contributed by atoms with Gasteiger partial charge in [0.25, 0.3) is 0 Å². The van der Waals surface area contributed by atoms with E-state index in [9.17, 15) is 4.79 Å². The van der Waals surface area contributed by atoms with Crippen LogP contribution >= 0.6 is 0 Å². The number of ether oxygens (including phenoxy) is 1. The van der Waals surface area contributed by atoms with Crippen LogP contribution in [0.4, 0.5) is 4.79 Å². The second-order valence-corrected chi connectivity index (χ2v) is 6.21. The average Bonchev–Trinajstić information content (AvgIpc) is 2.74. The summed E-state index contributed by atoms with van der Waals surface area (Å²) in [4.78, 5) is 11.9. The van der Waals surface area contributed by atoms with Crippen molar-refractivity contribution in [2.24, 2.45) is 0 Å². The van der Waals surface area contributed by atoms with Crippen molar-refractivity contribution in [3.63, 3.8) is 0 Å². The summed E-state index contributed by atoms with van der Waals surface area (Å²) in [7, 11) is 0. The first-order chi connectivity index (χ1) is 10.6. The minimum absolute atomic E-state index is 0.0730. The lowest BCUT2D eigenvalue weighted by Crippen LogP contribution is -2.43. The van der Waals surface area contributed by atoms with Crippen LogP contribution in [0.15, 0.2) is 18.2 Å². The molecule has 1 fully saturated rings. The van der Waals surface area contributed by atoms with E-state index in [-0.39, 0.29) is 6.03 Å². The van der Waals surface area contributed by atoms with E-state index in [0.29, 0.717) is 19.2 Å². The number of rotatable bonds is 5. The van der Waals surface area contributed by atoms with Crippen molar-refractivity contribution >= 4 is 6.03 Å². The SMILES string of the molecule is Cc1ccc(OCCNC(=O)NC2CCCCCC2)c(C)c1. The number of hydrogen-bond donors (Lipinski definition) is 2. The number of nitrogens with one attached hydrogen (secondary N) is 2. The molecule has 0 bridgehead atoms. The second-order valence-electron chi connectivity index (χ2n) is 6.21. The first-order valence-electron chi connectivity index (χ1n) is 8.39. The predicted molar refractivity (Wildman–Crippen MR) is 89.4 cm³/mol. The third kappa shape index (κ3) is 5.58. The van der Waals surface area contributed by atoms with Gasteiger partial charge in [-0.3, -0.25) is 0 Å². The molecule has 1 aromatic carbocycles. The van der Waals surface area contributed by atoms with E-state index in [2.05, 4.69) is 23.6 Å². The van der Waals surface area contributed by atoms with Crippen LogP contribution in [0.2, 0.25) is 0 Å². The van der Waals surface area contributed by atoms with Gasteiger partial charge in [0.05, 0.1) is 6.54 Å². The van der Waals surface area contributed by atoms with E-state index >= 15 is 0 Å². The molecule has 2 N–H and O–H groups in total. The van der Waals surface area contributed by atoms with Crippen LogP contribution in [0.25, 0.3) is 0 Å². The van der Waals surface area contributed by atoms with Gasteiger partial charge in [0.1, 0.15) is 12.4 Å². The zero-order valence-electron chi connectivity index (χ0n) is 13.8. The zero-order chi connectivity index (χ0) is 15.8. The maximum absolute atomic E-state index is 11.9. The van der Waals surface area contributed by atoms with Crippen LogP contribution in [-0.2, 0) is 0 Å². The number of urea groups is 1. The Morgan fingerprint density at radius 2 is 1.91 bits per heavy atom. The summed E-state index contributed by atoms with van der Waals surface area (Å²) in [5.41, 5.74) is 2.36. The van der Waals surface area contributed by atoms with Gasteiger partial charge in [-0.2, -0.15) is 0 Å². The molecule has 1 aliphatic rings. The van der Waals surface area contributed by atoms with E-state index in [1.807, 2.05) is 19.1 Å². The summed E-state index contributed by atoms with van der Waals surface area (Å²) in [6, 6.07) is 6.38. The molecule has 1 aliphatic carbocycles. The Morgan fingerprint density at radius 3 is 2.59 bits per heavy atom. The number of hydrogen-bond acceptors (Lipinski definition) is 2. The highest BCUT2D eigenvalue weighted by Gasteiger charge is 2.14. The van der Waals surface area contributed by atoms with Gasteiger partial charge in [-0.25, -0.2) is 4.79 Å². The molecule has 0 radical (unpaired) electrons. The summed E-state index contributed by atoms with van der Waals surface area (Å²) >= 11 is 0. The van der Waals surface area contributed by atoms with E-state index < -0.39 is 0 Å². The molecule has 1 saturated carbocycles. The number of amides is 2. The highest BCUT2D eigenvalue weighted by molar-refractivity contribution is 5.74. The molecule has 22 heavy (non-hydrogen) atoms. The van der Waals surface area contributed by atoms with E-state index in [1.54, 1.807) is 0 Å². The number of carbonyl (C=O) groups is 1. The fourth-order valence-corrected chi connectivity index (χ4v) is 2.95. The van der Waals surface area contributed by atoms with Gasteiger partial charge < -0.3 is 15.4 Å². The topological polar surface area (TPSA) is 50.4 Å². The quantitative estimate of drug-likeness (QED) is 0.643.